The maximum atomic E-state index is 5.60. The van der Waals surface area contributed by atoms with Crippen LogP contribution < -0.4 is 10.1 Å². The number of hydrogen-bond acceptors (Lipinski definition) is 3. The third kappa shape index (κ3) is 2.99. The Bertz CT molecular complexity index is 419. The Balaban J connectivity index is 1.38. The highest BCUT2D eigenvalue weighted by Gasteiger charge is 2.36. The van der Waals surface area contributed by atoms with Crippen molar-refractivity contribution < 1.29 is 9.47 Å². The second kappa shape index (κ2) is 6.15. The molecule has 0 amide bonds. The van der Waals surface area contributed by atoms with Crippen molar-refractivity contribution in [3.05, 3.63) is 29.8 Å². The van der Waals surface area contributed by atoms with Crippen molar-refractivity contribution in [1.29, 1.82) is 0 Å². The van der Waals surface area contributed by atoms with Crippen LogP contribution in [-0.2, 0) is 4.74 Å². The first-order valence-corrected chi connectivity index (χ1v) is 7.80. The minimum atomic E-state index is 0.509. The second-order valence-corrected chi connectivity index (χ2v) is 6.05. The standard InChI is InChI=1S/C17H25NO2/c1-3-20-17-10-15(11-17)18-14-8-13(9-14)12-4-6-16(19-2)7-5-12/h4-7,13-15,17-18H,3,8-11H2,1-2H3. The van der Waals surface area contributed by atoms with Gasteiger partial charge in [-0.15, -0.1) is 0 Å². The first-order chi connectivity index (χ1) is 9.78. The van der Waals surface area contributed by atoms with E-state index in [1.54, 1.807) is 7.11 Å². The molecule has 3 rings (SSSR count). The molecule has 2 aliphatic carbocycles. The van der Waals surface area contributed by atoms with Crippen LogP contribution in [0.1, 0.15) is 44.1 Å². The fourth-order valence-electron chi connectivity index (χ4n) is 3.31. The molecule has 1 aromatic rings. The summed E-state index contributed by atoms with van der Waals surface area (Å²) in [5.74, 6) is 1.67. The Morgan fingerprint density at radius 1 is 1.05 bits per heavy atom. The molecule has 2 fully saturated rings. The van der Waals surface area contributed by atoms with Crippen LogP contribution in [0, 0.1) is 0 Å². The molecule has 0 spiro atoms. The SMILES string of the molecule is CCOC1CC(NC2CC(c3ccc(OC)cc3)C2)C1. The molecular formula is C17H25NO2. The molecule has 2 saturated carbocycles. The molecule has 0 radical (unpaired) electrons. The molecule has 0 heterocycles. The lowest BCUT2D eigenvalue weighted by Gasteiger charge is -2.43. The molecule has 3 nitrogen and oxygen atoms in total. The van der Waals surface area contributed by atoms with Crippen molar-refractivity contribution in [3.8, 4) is 5.75 Å². The third-order valence-corrected chi connectivity index (χ3v) is 4.69. The molecule has 110 valence electrons. The molecule has 2 aliphatic rings. The number of ether oxygens (including phenoxy) is 2. The molecule has 3 heteroatoms. The average Bonchev–Trinajstić information content (AvgIpc) is 2.39. The number of nitrogens with one attached hydrogen (secondary N) is 1. The van der Waals surface area contributed by atoms with E-state index in [2.05, 4.69) is 36.5 Å². The van der Waals surface area contributed by atoms with Crippen LogP contribution in [0.2, 0.25) is 0 Å². The summed E-state index contributed by atoms with van der Waals surface area (Å²) in [7, 11) is 1.71. The van der Waals surface area contributed by atoms with Gasteiger partial charge in [0, 0.05) is 18.7 Å². The van der Waals surface area contributed by atoms with Crippen LogP contribution in [0.4, 0.5) is 0 Å². The highest BCUT2D eigenvalue weighted by molar-refractivity contribution is 5.31. The molecule has 1 aromatic carbocycles. The summed E-state index contributed by atoms with van der Waals surface area (Å²) < 4.78 is 10.8. The Morgan fingerprint density at radius 3 is 2.30 bits per heavy atom. The van der Waals surface area contributed by atoms with Crippen LogP contribution in [0.5, 0.6) is 5.75 Å². The molecule has 0 atom stereocenters. The third-order valence-electron chi connectivity index (χ3n) is 4.69. The van der Waals surface area contributed by atoms with Crippen LogP contribution in [0.3, 0.4) is 0 Å². The molecule has 0 bridgehead atoms. The van der Waals surface area contributed by atoms with Crippen molar-refractivity contribution in [2.24, 2.45) is 0 Å². The summed E-state index contributed by atoms with van der Waals surface area (Å²) in [5, 5.41) is 3.76. The van der Waals surface area contributed by atoms with Gasteiger partial charge in [0.1, 0.15) is 5.75 Å². The fraction of sp³-hybridized carbons (Fsp3) is 0.647. The van der Waals surface area contributed by atoms with Gasteiger partial charge in [-0.1, -0.05) is 12.1 Å². The lowest BCUT2D eigenvalue weighted by Crippen LogP contribution is -2.52. The van der Waals surface area contributed by atoms with Gasteiger partial charge < -0.3 is 14.8 Å². The Hall–Kier alpha value is -1.06. The molecule has 0 unspecified atom stereocenters. The summed E-state index contributed by atoms with van der Waals surface area (Å²) in [4.78, 5) is 0. The largest absolute Gasteiger partial charge is 0.497 e. The first-order valence-electron chi connectivity index (χ1n) is 7.80. The Morgan fingerprint density at radius 2 is 1.70 bits per heavy atom. The van der Waals surface area contributed by atoms with Gasteiger partial charge >= 0.3 is 0 Å². The van der Waals surface area contributed by atoms with Gasteiger partial charge in [-0.25, -0.2) is 0 Å². The summed E-state index contributed by atoms with van der Waals surface area (Å²) in [6.45, 7) is 2.92. The maximum Gasteiger partial charge on any atom is 0.118 e. The van der Waals surface area contributed by atoms with E-state index in [1.807, 2.05) is 0 Å². The fourth-order valence-corrected chi connectivity index (χ4v) is 3.31. The molecule has 0 saturated heterocycles. The van der Waals surface area contributed by atoms with Crippen molar-refractivity contribution in [3.63, 3.8) is 0 Å². The minimum Gasteiger partial charge on any atom is -0.497 e. The van der Waals surface area contributed by atoms with E-state index in [1.165, 1.54) is 31.2 Å². The van der Waals surface area contributed by atoms with Crippen LogP contribution >= 0.6 is 0 Å². The van der Waals surface area contributed by atoms with Gasteiger partial charge in [-0.2, -0.15) is 0 Å². The summed E-state index contributed by atoms with van der Waals surface area (Å²) in [6.07, 6.45) is 5.43. The summed E-state index contributed by atoms with van der Waals surface area (Å²) in [6, 6.07) is 9.93. The van der Waals surface area contributed by atoms with Gasteiger partial charge in [0.2, 0.25) is 0 Å². The zero-order chi connectivity index (χ0) is 13.9. The normalized spacial score (nSPS) is 32.3. The van der Waals surface area contributed by atoms with Gasteiger partial charge in [-0.05, 0) is 56.2 Å². The zero-order valence-electron chi connectivity index (χ0n) is 12.5. The minimum absolute atomic E-state index is 0.509. The number of benzene rings is 1. The Kier molecular flexibility index (Phi) is 4.27. The van der Waals surface area contributed by atoms with Gasteiger partial charge in [0.05, 0.1) is 13.2 Å². The first kappa shape index (κ1) is 13.9. The van der Waals surface area contributed by atoms with E-state index in [-0.39, 0.29) is 0 Å². The van der Waals surface area contributed by atoms with Crippen molar-refractivity contribution >= 4 is 0 Å². The Labute approximate surface area is 121 Å². The highest BCUT2D eigenvalue weighted by atomic mass is 16.5. The number of methoxy groups -OCH3 is 1. The smallest absolute Gasteiger partial charge is 0.118 e. The van der Waals surface area contributed by atoms with Crippen LogP contribution in [-0.4, -0.2) is 31.9 Å². The van der Waals surface area contributed by atoms with E-state index in [9.17, 15) is 0 Å². The number of rotatable bonds is 6. The monoisotopic (exact) mass is 275 g/mol. The predicted molar refractivity (Wildman–Crippen MR) is 80.3 cm³/mol. The second-order valence-electron chi connectivity index (χ2n) is 6.05. The summed E-state index contributed by atoms with van der Waals surface area (Å²) >= 11 is 0. The van der Waals surface area contributed by atoms with Gasteiger partial charge in [-0.3, -0.25) is 0 Å². The van der Waals surface area contributed by atoms with Crippen LogP contribution in [0.25, 0.3) is 0 Å². The van der Waals surface area contributed by atoms with E-state index < -0.39 is 0 Å². The highest BCUT2D eigenvalue weighted by Crippen LogP contribution is 2.38. The average molecular weight is 275 g/mol. The lowest BCUT2D eigenvalue weighted by molar-refractivity contribution is -0.0154. The molecule has 20 heavy (non-hydrogen) atoms. The van der Waals surface area contributed by atoms with E-state index in [0.29, 0.717) is 18.2 Å². The quantitative estimate of drug-likeness (QED) is 0.865. The molecule has 0 aromatic heterocycles. The molecule has 1 N–H and O–H groups in total. The van der Waals surface area contributed by atoms with Crippen molar-refractivity contribution in [1.82, 2.24) is 5.32 Å². The van der Waals surface area contributed by atoms with Crippen molar-refractivity contribution in [2.45, 2.75) is 56.7 Å². The van der Waals surface area contributed by atoms with Crippen LogP contribution in [0.15, 0.2) is 24.3 Å². The van der Waals surface area contributed by atoms with Crippen molar-refractivity contribution in [2.75, 3.05) is 13.7 Å². The zero-order valence-corrected chi connectivity index (χ0v) is 12.5. The van der Waals surface area contributed by atoms with E-state index in [0.717, 1.165) is 18.3 Å². The van der Waals surface area contributed by atoms with Gasteiger partial charge in [0.25, 0.3) is 0 Å². The predicted octanol–water partition coefficient (Wildman–Crippen LogP) is 3.10. The van der Waals surface area contributed by atoms with E-state index in [4.69, 9.17) is 9.47 Å². The topological polar surface area (TPSA) is 30.5 Å². The maximum absolute atomic E-state index is 5.60. The van der Waals surface area contributed by atoms with E-state index >= 15 is 0 Å². The number of hydrogen-bond donors (Lipinski definition) is 1. The summed E-state index contributed by atoms with van der Waals surface area (Å²) in [5.41, 5.74) is 1.45. The van der Waals surface area contributed by atoms with Gasteiger partial charge in [0.15, 0.2) is 0 Å². The molecule has 0 aliphatic heterocycles. The lowest BCUT2D eigenvalue weighted by atomic mass is 9.74. The molecular weight excluding hydrogens is 250 g/mol.